The van der Waals surface area contributed by atoms with Crippen LogP contribution < -0.4 is 5.32 Å². The smallest absolute Gasteiger partial charge is 0.255 e. The van der Waals surface area contributed by atoms with Crippen LogP contribution in [0.4, 0.5) is 0 Å². The molecule has 5 nitrogen and oxygen atoms in total. The molecule has 2 heterocycles. The topological polar surface area (TPSA) is 65.5 Å². The van der Waals surface area contributed by atoms with Crippen molar-refractivity contribution in [1.29, 1.82) is 0 Å². The van der Waals surface area contributed by atoms with Crippen LogP contribution in [-0.4, -0.2) is 34.2 Å². The molecule has 0 radical (unpaired) electrons. The Hall–Kier alpha value is -3.28. The average molecular weight is 416 g/mol. The van der Waals surface area contributed by atoms with Gasteiger partial charge in [0.05, 0.1) is 6.04 Å². The van der Waals surface area contributed by atoms with E-state index in [0.717, 1.165) is 28.7 Å². The van der Waals surface area contributed by atoms with Crippen LogP contribution in [0.2, 0.25) is 0 Å². The maximum atomic E-state index is 12.8. The first-order chi connectivity index (χ1) is 15.1. The van der Waals surface area contributed by atoms with Gasteiger partial charge in [-0.05, 0) is 48.7 Å². The number of nitrogens with one attached hydrogen (secondary N) is 1. The zero-order chi connectivity index (χ0) is 22.1. The van der Waals surface area contributed by atoms with Gasteiger partial charge in [0.15, 0.2) is 0 Å². The molecule has 4 rings (SSSR count). The number of rotatable bonds is 7. The fourth-order valence-corrected chi connectivity index (χ4v) is 3.68. The van der Waals surface area contributed by atoms with E-state index in [1.165, 1.54) is 0 Å². The number of nitrogens with zero attached hydrogens (tertiary/aromatic N) is 2. The van der Waals surface area contributed by atoms with Crippen LogP contribution in [0.5, 0.6) is 0 Å². The van der Waals surface area contributed by atoms with E-state index >= 15 is 0 Å². The van der Waals surface area contributed by atoms with Gasteiger partial charge in [-0.25, -0.2) is 0 Å². The maximum Gasteiger partial charge on any atom is 0.255 e. The van der Waals surface area contributed by atoms with E-state index < -0.39 is 6.23 Å². The molecule has 0 fully saturated rings. The van der Waals surface area contributed by atoms with Crippen LogP contribution in [0, 0.1) is 0 Å². The molecule has 31 heavy (non-hydrogen) atoms. The number of amides is 1. The van der Waals surface area contributed by atoms with Gasteiger partial charge >= 0.3 is 0 Å². The number of carbonyl (C=O) groups is 1. The third-order valence-electron chi connectivity index (χ3n) is 5.35. The molecule has 2 N–H and O–H groups in total. The van der Waals surface area contributed by atoms with Gasteiger partial charge in [0.2, 0.25) is 0 Å². The zero-order valence-corrected chi connectivity index (χ0v) is 17.8. The third kappa shape index (κ3) is 5.87. The lowest BCUT2D eigenvalue weighted by atomic mass is 10.00. The van der Waals surface area contributed by atoms with E-state index in [2.05, 4.69) is 16.9 Å². The molecule has 0 spiro atoms. The van der Waals surface area contributed by atoms with Gasteiger partial charge in [0.25, 0.3) is 5.91 Å². The summed E-state index contributed by atoms with van der Waals surface area (Å²) >= 11 is 0. The number of aliphatic hydroxyl groups is 1. The van der Waals surface area contributed by atoms with Crippen LogP contribution in [-0.2, 0) is 6.54 Å². The number of benzene rings is 2. The predicted molar refractivity (Wildman–Crippen MR) is 124 cm³/mol. The van der Waals surface area contributed by atoms with Crippen LogP contribution in [0.25, 0.3) is 6.08 Å². The number of pyridine rings is 1. The Morgan fingerprint density at radius 3 is 2.52 bits per heavy atom. The van der Waals surface area contributed by atoms with Gasteiger partial charge in [-0.3, -0.25) is 15.1 Å². The summed E-state index contributed by atoms with van der Waals surface area (Å²) in [6.07, 6.45) is 6.08. The Morgan fingerprint density at radius 1 is 1.13 bits per heavy atom. The van der Waals surface area contributed by atoms with Crippen molar-refractivity contribution >= 4 is 12.0 Å². The molecule has 0 aliphatic carbocycles. The molecule has 2 aromatic carbocycles. The molecular formula is C26H29N3O2. The van der Waals surface area contributed by atoms with E-state index in [0.29, 0.717) is 13.0 Å². The molecule has 160 valence electrons. The number of aromatic nitrogens is 1. The summed E-state index contributed by atoms with van der Waals surface area (Å²) in [5, 5.41) is 12.6. The van der Waals surface area contributed by atoms with Crippen LogP contribution >= 0.6 is 0 Å². The standard InChI is InChI=1S/C19H22N2O2.C7H7N/c1-20-18(22)12-11-17-15-9-5-6-10-16(15)19(23)21(17)13-14-7-3-2-4-8-14;1-2-7-4-3-5-8-6-7/h2-10,17-18,20,22H,11-13H2,1H3;2-6H,1H2. The maximum absolute atomic E-state index is 12.8. The van der Waals surface area contributed by atoms with E-state index in [1.807, 2.05) is 71.6 Å². The Kier molecular flexibility index (Phi) is 8.10. The van der Waals surface area contributed by atoms with Gasteiger partial charge in [0.1, 0.15) is 6.23 Å². The molecule has 1 aliphatic rings. The quantitative estimate of drug-likeness (QED) is 0.561. The molecule has 0 saturated carbocycles. The largest absolute Gasteiger partial charge is 0.379 e. The first-order valence-corrected chi connectivity index (χ1v) is 10.5. The highest BCUT2D eigenvalue weighted by atomic mass is 16.3. The van der Waals surface area contributed by atoms with E-state index in [1.54, 1.807) is 25.5 Å². The van der Waals surface area contributed by atoms with Gasteiger partial charge in [-0.15, -0.1) is 0 Å². The molecule has 2 atom stereocenters. The van der Waals surface area contributed by atoms with Crippen LogP contribution in [0.15, 0.2) is 85.7 Å². The Balaban J connectivity index is 0.000000287. The molecule has 5 heteroatoms. The molecule has 0 saturated heterocycles. The summed E-state index contributed by atoms with van der Waals surface area (Å²) in [6.45, 7) is 4.18. The number of fused-ring (bicyclic) bond motifs is 1. The highest BCUT2D eigenvalue weighted by Crippen LogP contribution is 2.37. The minimum atomic E-state index is -0.545. The minimum Gasteiger partial charge on any atom is -0.379 e. The molecule has 2 unspecified atom stereocenters. The second kappa shape index (κ2) is 11.2. The highest BCUT2D eigenvalue weighted by molar-refractivity contribution is 5.99. The van der Waals surface area contributed by atoms with Crippen LogP contribution in [0.3, 0.4) is 0 Å². The lowest BCUT2D eigenvalue weighted by Gasteiger charge is -2.26. The molecule has 3 aromatic rings. The molecular weight excluding hydrogens is 386 g/mol. The fourth-order valence-electron chi connectivity index (χ4n) is 3.68. The van der Waals surface area contributed by atoms with Gasteiger partial charge in [-0.1, -0.05) is 67.3 Å². The Morgan fingerprint density at radius 2 is 1.87 bits per heavy atom. The van der Waals surface area contributed by atoms with Gasteiger partial charge in [0, 0.05) is 24.5 Å². The number of hydrogen-bond donors (Lipinski definition) is 2. The summed E-state index contributed by atoms with van der Waals surface area (Å²) in [5.41, 5.74) is 4.03. The second-order valence-electron chi connectivity index (χ2n) is 7.39. The van der Waals surface area contributed by atoms with Gasteiger partial charge in [-0.2, -0.15) is 0 Å². The lowest BCUT2D eigenvalue weighted by molar-refractivity contribution is 0.0665. The monoisotopic (exact) mass is 415 g/mol. The van der Waals surface area contributed by atoms with E-state index in [-0.39, 0.29) is 11.9 Å². The first-order valence-electron chi connectivity index (χ1n) is 10.5. The fraction of sp³-hybridized carbons (Fsp3) is 0.231. The summed E-state index contributed by atoms with van der Waals surface area (Å²) in [7, 11) is 1.74. The minimum absolute atomic E-state index is 0.0157. The predicted octanol–water partition coefficient (Wildman–Crippen LogP) is 4.43. The number of carbonyl (C=O) groups excluding carboxylic acids is 1. The van der Waals surface area contributed by atoms with Crippen molar-refractivity contribution in [3.63, 3.8) is 0 Å². The van der Waals surface area contributed by atoms with Crippen LogP contribution in [0.1, 0.15) is 45.9 Å². The number of aliphatic hydroxyl groups excluding tert-OH is 1. The normalized spacial score (nSPS) is 15.6. The molecule has 1 aromatic heterocycles. The SMILES string of the molecule is C=Cc1cccnc1.CNC(O)CCC1c2ccccc2C(=O)N1Cc1ccccc1. The van der Waals surface area contributed by atoms with Crippen molar-refractivity contribution in [2.45, 2.75) is 31.7 Å². The molecule has 1 amide bonds. The summed E-state index contributed by atoms with van der Waals surface area (Å²) in [6, 6.07) is 21.7. The number of hydrogen-bond acceptors (Lipinski definition) is 4. The highest BCUT2D eigenvalue weighted by Gasteiger charge is 2.36. The first kappa shape index (κ1) is 22.4. The van der Waals surface area contributed by atoms with Crippen molar-refractivity contribution < 1.29 is 9.90 Å². The van der Waals surface area contributed by atoms with E-state index in [4.69, 9.17) is 0 Å². The van der Waals surface area contributed by atoms with Crippen molar-refractivity contribution in [3.8, 4) is 0 Å². The van der Waals surface area contributed by atoms with Gasteiger partial charge < -0.3 is 10.0 Å². The second-order valence-corrected chi connectivity index (χ2v) is 7.39. The van der Waals surface area contributed by atoms with Crippen molar-refractivity contribution in [2.24, 2.45) is 0 Å². The lowest BCUT2D eigenvalue weighted by Crippen LogP contribution is -2.30. The summed E-state index contributed by atoms with van der Waals surface area (Å²) < 4.78 is 0. The van der Waals surface area contributed by atoms with Crippen molar-refractivity contribution in [1.82, 2.24) is 15.2 Å². The Bertz CT molecular complexity index is 976. The van der Waals surface area contributed by atoms with Crippen molar-refractivity contribution in [3.05, 3.63) is 108 Å². The molecule has 1 aliphatic heterocycles. The summed E-state index contributed by atoms with van der Waals surface area (Å²) in [4.78, 5) is 18.6. The molecule has 0 bridgehead atoms. The average Bonchev–Trinajstić information content (AvgIpc) is 3.10. The Labute approximate surface area is 184 Å². The van der Waals surface area contributed by atoms with E-state index in [9.17, 15) is 9.90 Å². The van der Waals surface area contributed by atoms with Crippen molar-refractivity contribution in [2.75, 3.05) is 7.05 Å². The summed E-state index contributed by atoms with van der Waals surface area (Å²) in [5.74, 6) is 0.0772. The zero-order valence-electron chi connectivity index (χ0n) is 17.8. The third-order valence-corrected chi connectivity index (χ3v) is 5.35.